The molecule has 0 radical (unpaired) electrons. The molecular weight excluding hydrogens is 388 g/mol. The molecule has 27 heavy (non-hydrogen) atoms. The summed E-state index contributed by atoms with van der Waals surface area (Å²) in [6.07, 6.45) is 3.77. The number of amides is 1. The molecule has 0 bridgehead atoms. The summed E-state index contributed by atoms with van der Waals surface area (Å²) in [6, 6.07) is 5.97. The van der Waals surface area contributed by atoms with E-state index in [1.54, 1.807) is 0 Å². The monoisotopic (exact) mass is 406 g/mol. The number of carbonyl (C=O) groups excluding carboxylic acids is 1. The number of morpholine rings is 1. The summed E-state index contributed by atoms with van der Waals surface area (Å²) in [7, 11) is -3.56. The van der Waals surface area contributed by atoms with Crippen LogP contribution in [0, 0.1) is 0 Å². The van der Waals surface area contributed by atoms with Gasteiger partial charge in [0.25, 0.3) is 5.91 Å². The fourth-order valence-electron chi connectivity index (χ4n) is 2.85. The smallest absolute Gasteiger partial charge is 0.251 e. The zero-order valence-electron chi connectivity index (χ0n) is 14.4. The van der Waals surface area contributed by atoms with Gasteiger partial charge in [-0.05, 0) is 24.3 Å². The zero-order valence-corrected chi connectivity index (χ0v) is 16.0. The first-order valence-corrected chi connectivity index (χ1v) is 10.7. The van der Waals surface area contributed by atoms with E-state index in [9.17, 15) is 13.2 Å². The first-order chi connectivity index (χ1) is 13.0. The lowest BCUT2D eigenvalue weighted by molar-refractivity contribution is 0.0730. The van der Waals surface area contributed by atoms with Gasteiger partial charge in [-0.25, -0.2) is 13.4 Å². The molecule has 0 unspecified atom stereocenters. The van der Waals surface area contributed by atoms with Gasteiger partial charge >= 0.3 is 0 Å². The van der Waals surface area contributed by atoms with Crippen LogP contribution in [0.1, 0.15) is 16.1 Å². The second-order valence-electron chi connectivity index (χ2n) is 6.05. The van der Waals surface area contributed by atoms with E-state index in [1.807, 2.05) is 22.2 Å². The summed E-state index contributed by atoms with van der Waals surface area (Å²) in [5.41, 5.74) is 1.17. The number of ether oxygens (including phenoxy) is 1. The number of hydrogen-bond donors (Lipinski definition) is 1. The average molecular weight is 406 g/mol. The average Bonchev–Trinajstić information content (AvgIpc) is 3.29. The fourth-order valence-corrected chi connectivity index (χ4v) is 4.98. The number of hydrogen-bond acceptors (Lipinski definition) is 6. The van der Waals surface area contributed by atoms with Gasteiger partial charge in [-0.1, -0.05) is 0 Å². The fraction of sp³-hybridized carbons (Fsp3) is 0.294. The molecule has 1 saturated heterocycles. The summed E-state index contributed by atoms with van der Waals surface area (Å²) in [5, 5.41) is 4.74. The molecular formula is C17H18N4O4S2. The Morgan fingerprint density at radius 1 is 1.22 bits per heavy atom. The third kappa shape index (κ3) is 3.74. The topological polar surface area (TPSA) is 93.0 Å². The minimum absolute atomic E-state index is 0.176. The van der Waals surface area contributed by atoms with E-state index in [1.165, 1.54) is 39.9 Å². The van der Waals surface area contributed by atoms with Gasteiger partial charge in [0.2, 0.25) is 10.0 Å². The number of rotatable bonds is 5. The molecule has 2 aromatic heterocycles. The van der Waals surface area contributed by atoms with Crippen LogP contribution in [0.15, 0.2) is 46.9 Å². The third-order valence-electron chi connectivity index (χ3n) is 4.30. The number of nitrogens with zero attached hydrogens (tertiary/aromatic N) is 3. The van der Waals surface area contributed by atoms with Crippen molar-refractivity contribution in [3.63, 3.8) is 0 Å². The molecule has 1 aromatic carbocycles. The van der Waals surface area contributed by atoms with E-state index < -0.39 is 10.0 Å². The molecule has 0 aliphatic carbocycles. The summed E-state index contributed by atoms with van der Waals surface area (Å²) < 4.78 is 33.7. The van der Waals surface area contributed by atoms with Crippen LogP contribution in [0.2, 0.25) is 0 Å². The van der Waals surface area contributed by atoms with Crippen molar-refractivity contribution in [2.24, 2.45) is 0 Å². The first-order valence-electron chi connectivity index (χ1n) is 8.41. The van der Waals surface area contributed by atoms with Gasteiger partial charge in [0.1, 0.15) is 0 Å². The van der Waals surface area contributed by atoms with Crippen molar-refractivity contribution >= 4 is 32.2 Å². The highest BCUT2D eigenvalue weighted by atomic mass is 32.2. The van der Waals surface area contributed by atoms with Crippen molar-refractivity contribution in [2.45, 2.75) is 11.4 Å². The van der Waals surface area contributed by atoms with Crippen molar-refractivity contribution in [3.05, 3.63) is 53.3 Å². The molecule has 1 amide bonds. The van der Waals surface area contributed by atoms with Crippen LogP contribution in [-0.2, 0) is 21.3 Å². The van der Waals surface area contributed by atoms with Crippen LogP contribution < -0.4 is 5.32 Å². The number of carbonyl (C=O) groups is 1. The molecule has 1 aliphatic rings. The van der Waals surface area contributed by atoms with Gasteiger partial charge in [-0.3, -0.25) is 9.20 Å². The van der Waals surface area contributed by atoms with Crippen LogP contribution in [0.4, 0.5) is 0 Å². The lowest BCUT2D eigenvalue weighted by atomic mass is 10.2. The van der Waals surface area contributed by atoms with Gasteiger partial charge in [0.05, 0.1) is 30.3 Å². The van der Waals surface area contributed by atoms with Crippen LogP contribution in [-0.4, -0.2) is 54.3 Å². The second-order valence-corrected chi connectivity index (χ2v) is 8.86. The Morgan fingerprint density at radius 2 is 1.96 bits per heavy atom. The lowest BCUT2D eigenvalue weighted by Gasteiger charge is -2.26. The third-order valence-corrected chi connectivity index (χ3v) is 6.98. The predicted molar refractivity (Wildman–Crippen MR) is 100 cm³/mol. The van der Waals surface area contributed by atoms with Gasteiger partial charge in [-0.15, -0.1) is 11.3 Å². The molecule has 4 rings (SSSR count). The summed E-state index contributed by atoms with van der Waals surface area (Å²) in [5.74, 6) is -0.276. The number of thiazole rings is 1. The summed E-state index contributed by atoms with van der Waals surface area (Å²) >= 11 is 1.52. The quantitative estimate of drug-likeness (QED) is 0.690. The number of imidazole rings is 1. The Labute approximate surface area is 160 Å². The van der Waals surface area contributed by atoms with Gasteiger partial charge in [-0.2, -0.15) is 4.31 Å². The SMILES string of the molecule is O=C(NCc1cn2ccsc2n1)c1ccc(S(=O)(=O)N2CCOCC2)cc1. The number of benzene rings is 1. The standard InChI is InChI=1S/C17H18N4O4S2/c22-16(18-11-14-12-20-7-10-26-17(20)19-14)13-1-3-15(4-2-13)27(23,24)21-5-8-25-9-6-21/h1-4,7,10,12H,5-6,8-9,11H2,(H,18,22). The van der Waals surface area contributed by atoms with Crippen LogP contribution in [0.25, 0.3) is 4.96 Å². The van der Waals surface area contributed by atoms with E-state index in [-0.39, 0.29) is 10.8 Å². The number of nitrogens with one attached hydrogen (secondary N) is 1. The number of fused-ring (bicyclic) bond motifs is 1. The molecule has 0 atom stereocenters. The highest BCUT2D eigenvalue weighted by Crippen LogP contribution is 2.18. The first kappa shape index (κ1) is 18.1. The highest BCUT2D eigenvalue weighted by molar-refractivity contribution is 7.89. The Hall–Kier alpha value is -2.27. The Kier molecular flexibility index (Phi) is 4.96. The van der Waals surface area contributed by atoms with Crippen LogP contribution in [0.5, 0.6) is 0 Å². The summed E-state index contributed by atoms with van der Waals surface area (Å²) in [6.45, 7) is 1.78. The Balaban J connectivity index is 1.41. The summed E-state index contributed by atoms with van der Waals surface area (Å²) in [4.78, 5) is 17.8. The zero-order chi connectivity index (χ0) is 18.9. The van der Waals surface area contributed by atoms with Crippen LogP contribution in [0.3, 0.4) is 0 Å². The Bertz CT molecular complexity index is 1020. The van der Waals surface area contributed by atoms with Gasteiger partial charge in [0, 0.05) is 36.4 Å². The maximum Gasteiger partial charge on any atom is 0.251 e. The van der Waals surface area contributed by atoms with Crippen molar-refractivity contribution in [1.82, 2.24) is 19.0 Å². The van der Waals surface area contributed by atoms with Gasteiger partial charge < -0.3 is 10.1 Å². The minimum Gasteiger partial charge on any atom is -0.379 e. The molecule has 142 valence electrons. The van der Waals surface area contributed by atoms with E-state index >= 15 is 0 Å². The van der Waals surface area contributed by atoms with Crippen molar-refractivity contribution in [1.29, 1.82) is 0 Å². The molecule has 1 fully saturated rings. The van der Waals surface area contributed by atoms with E-state index in [0.717, 1.165) is 10.7 Å². The molecule has 0 spiro atoms. The van der Waals surface area contributed by atoms with E-state index in [0.29, 0.717) is 38.4 Å². The molecule has 0 saturated carbocycles. The molecule has 1 aliphatic heterocycles. The van der Waals surface area contributed by atoms with Crippen molar-refractivity contribution in [2.75, 3.05) is 26.3 Å². The predicted octanol–water partition coefficient (Wildman–Crippen LogP) is 1.35. The minimum atomic E-state index is -3.56. The van der Waals surface area contributed by atoms with E-state index in [4.69, 9.17) is 4.74 Å². The van der Waals surface area contributed by atoms with Crippen molar-refractivity contribution < 1.29 is 17.9 Å². The van der Waals surface area contributed by atoms with Crippen LogP contribution >= 0.6 is 11.3 Å². The van der Waals surface area contributed by atoms with Crippen molar-refractivity contribution in [3.8, 4) is 0 Å². The Morgan fingerprint density at radius 3 is 2.67 bits per heavy atom. The molecule has 1 N–H and O–H groups in total. The lowest BCUT2D eigenvalue weighted by Crippen LogP contribution is -2.40. The number of sulfonamides is 1. The molecule has 8 nitrogen and oxygen atoms in total. The van der Waals surface area contributed by atoms with E-state index in [2.05, 4.69) is 10.3 Å². The maximum atomic E-state index is 12.6. The maximum absolute atomic E-state index is 12.6. The molecule has 3 heterocycles. The number of aromatic nitrogens is 2. The molecule has 3 aromatic rings. The second kappa shape index (κ2) is 7.39. The highest BCUT2D eigenvalue weighted by Gasteiger charge is 2.26. The normalized spacial score (nSPS) is 15.9. The molecule has 10 heteroatoms. The van der Waals surface area contributed by atoms with Gasteiger partial charge in [0.15, 0.2) is 4.96 Å². The largest absolute Gasteiger partial charge is 0.379 e.